The van der Waals surface area contributed by atoms with E-state index in [1.54, 1.807) is 0 Å². The first-order valence-corrected chi connectivity index (χ1v) is 11.6. The lowest BCUT2D eigenvalue weighted by Gasteiger charge is -2.61. The highest BCUT2D eigenvalue weighted by atomic mass is 19.1. The van der Waals surface area contributed by atoms with Crippen LogP contribution in [0.1, 0.15) is 44.9 Å². The zero-order chi connectivity index (χ0) is 20.5. The average Bonchev–Trinajstić information content (AvgIpc) is 3.02. The van der Waals surface area contributed by atoms with Gasteiger partial charge in [-0.25, -0.2) is 9.29 Å². The van der Waals surface area contributed by atoms with Gasteiger partial charge >= 0.3 is 0 Å². The summed E-state index contributed by atoms with van der Waals surface area (Å²) in [6.45, 7) is 3.70. The van der Waals surface area contributed by atoms with Crippen molar-refractivity contribution in [1.82, 2.24) is 9.80 Å². The molecular weight excluding hydrogens is 381 g/mol. The third kappa shape index (κ3) is 2.94. The van der Waals surface area contributed by atoms with E-state index >= 15 is 0 Å². The van der Waals surface area contributed by atoms with Crippen LogP contribution in [0.25, 0.3) is 0 Å². The molecule has 30 heavy (non-hydrogen) atoms. The van der Waals surface area contributed by atoms with E-state index in [1.807, 2.05) is 0 Å². The fraction of sp³-hybridized carbons (Fsp3) is 0.667. The van der Waals surface area contributed by atoms with Crippen molar-refractivity contribution >= 4 is 17.5 Å². The minimum atomic E-state index is -0.374. The molecular formula is C24H30FN3O2. The summed E-state index contributed by atoms with van der Waals surface area (Å²) in [7, 11) is 0. The third-order valence-corrected chi connectivity index (χ3v) is 8.64. The molecule has 6 fully saturated rings. The van der Waals surface area contributed by atoms with Crippen molar-refractivity contribution in [3.05, 3.63) is 30.1 Å². The summed E-state index contributed by atoms with van der Waals surface area (Å²) in [4.78, 5) is 31.8. The van der Waals surface area contributed by atoms with Gasteiger partial charge in [0.15, 0.2) is 0 Å². The van der Waals surface area contributed by atoms with Crippen LogP contribution in [0.3, 0.4) is 0 Å². The maximum Gasteiger partial charge on any atom is 0.251 e. The highest BCUT2D eigenvalue weighted by Crippen LogP contribution is 2.57. The molecule has 0 radical (unpaired) electrons. The van der Waals surface area contributed by atoms with E-state index in [-0.39, 0.29) is 30.1 Å². The Morgan fingerprint density at radius 2 is 1.40 bits per heavy atom. The zero-order valence-corrected chi connectivity index (χ0v) is 17.4. The Balaban J connectivity index is 1.13. The average molecular weight is 412 g/mol. The second kappa shape index (κ2) is 6.86. The summed E-state index contributed by atoms with van der Waals surface area (Å²) in [6.07, 6.45) is 8.72. The van der Waals surface area contributed by atoms with E-state index < -0.39 is 0 Å². The molecule has 2 aliphatic heterocycles. The second-order valence-corrected chi connectivity index (χ2v) is 10.4. The number of carbonyl (C=O) groups is 2. The van der Waals surface area contributed by atoms with Crippen molar-refractivity contribution in [2.45, 2.75) is 56.5 Å². The maximum atomic E-state index is 13.2. The fourth-order valence-electron chi connectivity index (χ4n) is 7.72. The molecule has 1 aromatic carbocycles. The lowest BCUT2D eigenvalue weighted by Crippen LogP contribution is -2.64. The molecule has 2 heterocycles. The molecule has 1 aromatic rings. The quantitative estimate of drug-likeness (QED) is 0.717. The Labute approximate surface area is 177 Å². The van der Waals surface area contributed by atoms with Crippen LogP contribution in [0.2, 0.25) is 0 Å². The first-order valence-electron chi connectivity index (χ1n) is 11.6. The molecule has 1 atom stereocenters. The van der Waals surface area contributed by atoms with E-state index in [0.29, 0.717) is 11.2 Å². The molecule has 0 N–H and O–H groups in total. The Morgan fingerprint density at radius 1 is 0.833 bits per heavy atom. The van der Waals surface area contributed by atoms with Gasteiger partial charge in [0, 0.05) is 31.7 Å². The summed E-state index contributed by atoms with van der Waals surface area (Å²) in [5.41, 5.74) is 0.886. The van der Waals surface area contributed by atoms with Gasteiger partial charge in [-0.05, 0) is 80.5 Å². The van der Waals surface area contributed by atoms with Crippen molar-refractivity contribution < 1.29 is 14.0 Å². The lowest BCUT2D eigenvalue weighted by molar-refractivity contribution is -0.125. The molecule has 0 spiro atoms. The van der Waals surface area contributed by atoms with E-state index in [4.69, 9.17) is 0 Å². The molecule has 2 amide bonds. The molecule has 4 bridgehead atoms. The number of halogens is 1. The van der Waals surface area contributed by atoms with Crippen LogP contribution in [-0.2, 0) is 9.59 Å². The molecule has 0 aromatic heterocycles. The van der Waals surface area contributed by atoms with Crippen LogP contribution in [0.5, 0.6) is 0 Å². The molecule has 2 saturated heterocycles. The van der Waals surface area contributed by atoms with Gasteiger partial charge < -0.3 is 0 Å². The van der Waals surface area contributed by atoms with Crippen LogP contribution in [0.15, 0.2) is 24.3 Å². The number of imide groups is 1. The molecule has 6 heteroatoms. The van der Waals surface area contributed by atoms with Gasteiger partial charge in [-0.15, -0.1) is 0 Å². The summed E-state index contributed by atoms with van der Waals surface area (Å²) >= 11 is 0. The predicted octanol–water partition coefficient (Wildman–Crippen LogP) is 3.04. The summed E-state index contributed by atoms with van der Waals surface area (Å²) in [6, 6.07) is 5.25. The molecule has 5 nitrogen and oxygen atoms in total. The van der Waals surface area contributed by atoms with Crippen molar-refractivity contribution in [1.29, 1.82) is 0 Å². The van der Waals surface area contributed by atoms with Gasteiger partial charge in [0.25, 0.3) is 5.91 Å². The first kappa shape index (κ1) is 18.9. The molecule has 4 saturated carbocycles. The normalized spacial score (nSPS) is 39.3. The number of hydrogen-bond donors (Lipinski definition) is 0. The van der Waals surface area contributed by atoms with Crippen molar-refractivity contribution in [2.24, 2.45) is 17.8 Å². The Bertz CT molecular complexity index is 826. The smallest absolute Gasteiger partial charge is 0.251 e. The lowest BCUT2D eigenvalue weighted by atomic mass is 9.52. The number of piperazine rings is 1. The van der Waals surface area contributed by atoms with Gasteiger partial charge in [-0.1, -0.05) is 0 Å². The molecule has 1 unspecified atom stereocenters. The van der Waals surface area contributed by atoms with E-state index in [2.05, 4.69) is 9.80 Å². The summed E-state index contributed by atoms with van der Waals surface area (Å²) in [5.74, 6) is 2.11. The first-order chi connectivity index (χ1) is 14.5. The number of hydrogen-bond acceptors (Lipinski definition) is 4. The summed E-state index contributed by atoms with van der Waals surface area (Å²) in [5, 5.41) is 0. The molecule has 6 aliphatic rings. The predicted molar refractivity (Wildman–Crippen MR) is 111 cm³/mol. The molecule has 160 valence electrons. The zero-order valence-electron chi connectivity index (χ0n) is 17.4. The number of carbonyl (C=O) groups excluding carboxylic acids is 2. The highest BCUT2D eigenvalue weighted by molar-refractivity contribution is 6.22. The Kier molecular flexibility index (Phi) is 4.33. The van der Waals surface area contributed by atoms with Gasteiger partial charge in [-0.3, -0.25) is 19.4 Å². The number of amides is 2. The van der Waals surface area contributed by atoms with Crippen molar-refractivity contribution in [3.63, 3.8) is 0 Å². The molecule has 4 aliphatic carbocycles. The van der Waals surface area contributed by atoms with Gasteiger partial charge in [0.1, 0.15) is 5.82 Å². The minimum absolute atomic E-state index is 0.158. The second-order valence-electron chi connectivity index (χ2n) is 10.4. The minimum Gasteiger partial charge on any atom is -0.295 e. The van der Waals surface area contributed by atoms with E-state index in [9.17, 15) is 14.0 Å². The number of rotatable bonds is 3. The SMILES string of the molecule is O=C1CC(N2CCN(C34CC5CC(CC(C5)C3)C4)CC2)C(=O)N1c1ccc(F)cc1. The van der Waals surface area contributed by atoms with E-state index in [1.165, 1.54) is 67.7 Å². The largest absolute Gasteiger partial charge is 0.295 e. The van der Waals surface area contributed by atoms with Gasteiger partial charge in [0.2, 0.25) is 5.91 Å². The number of benzene rings is 1. The monoisotopic (exact) mass is 411 g/mol. The van der Waals surface area contributed by atoms with Crippen molar-refractivity contribution in [3.8, 4) is 0 Å². The standard InChI is InChI=1S/C24H30FN3O2/c25-19-1-3-20(4-2-19)28-22(29)12-21(23(28)30)26-5-7-27(8-6-26)24-13-16-9-17(14-24)11-18(10-16)15-24/h1-4,16-18,21H,5-15H2. The topological polar surface area (TPSA) is 43.9 Å². The maximum absolute atomic E-state index is 13.2. The van der Waals surface area contributed by atoms with Crippen LogP contribution >= 0.6 is 0 Å². The number of anilines is 1. The summed E-state index contributed by atoms with van der Waals surface area (Å²) < 4.78 is 13.2. The number of nitrogens with zero attached hydrogens (tertiary/aromatic N) is 3. The van der Waals surface area contributed by atoms with Crippen LogP contribution in [0.4, 0.5) is 10.1 Å². The van der Waals surface area contributed by atoms with Crippen LogP contribution < -0.4 is 4.90 Å². The van der Waals surface area contributed by atoms with E-state index in [0.717, 1.165) is 43.9 Å². The fourth-order valence-corrected chi connectivity index (χ4v) is 7.72. The highest BCUT2D eigenvalue weighted by Gasteiger charge is 2.54. The van der Waals surface area contributed by atoms with Gasteiger partial charge in [0.05, 0.1) is 18.2 Å². The molecule has 7 rings (SSSR count). The van der Waals surface area contributed by atoms with Crippen molar-refractivity contribution in [2.75, 3.05) is 31.1 Å². The Morgan fingerprint density at radius 3 is 1.97 bits per heavy atom. The third-order valence-electron chi connectivity index (χ3n) is 8.64. The Hall–Kier alpha value is -1.79. The van der Waals surface area contributed by atoms with Crippen LogP contribution in [0, 0.1) is 23.6 Å². The van der Waals surface area contributed by atoms with Crippen LogP contribution in [-0.4, -0.2) is 59.4 Å². The van der Waals surface area contributed by atoms with Gasteiger partial charge in [-0.2, -0.15) is 0 Å².